The molecule has 1 aromatic carbocycles. The van der Waals surface area contributed by atoms with Crippen molar-refractivity contribution in [2.45, 2.75) is 33.7 Å². The second-order valence-electron chi connectivity index (χ2n) is 5.12. The number of hydrogen-bond acceptors (Lipinski definition) is 1. The van der Waals surface area contributed by atoms with Gasteiger partial charge in [-0.2, -0.15) is 0 Å². The third-order valence-corrected chi connectivity index (χ3v) is 3.21. The molecule has 17 heavy (non-hydrogen) atoms. The lowest BCUT2D eigenvalue weighted by molar-refractivity contribution is -0.129. The molecule has 0 spiro atoms. The number of amides is 1. The summed E-state index contributed by atoms with van der Waals surface area (Å²) in [6.07, 6.45) is 0. The van der Waals surface area contributed by atoms with Gasteiger partial charge in [0, 0.05) is 5.41 Å². The predicted octanol–water partition coefficient (Wildman–Crippen LogP) is 4.22. The van der Waals surface area contributed by atoms with E-state index in [0.29, 0.717) is 10.0 Å². The molecule has 0 aliphatic heterocycles. The average Bonchev–Trinajstić information content (AvgIpc) is 2.20. The summed E-state index contributed by atoms with van der Waals surface area (Å²) >= 11 is 11.8. The molecule has 0 saturated heterocycles. The highest BCUT2D eigenvalue weighted by atomic mass is 35.5. The van der Waals surface area contributed by atoms with Crippen LogP contribution in [0, 0.1) is 5.41 Å². The van der Waals surface area contributed by atoms with E-state index in [9.17, 15) is 4.79 Å². The Morgan fingerprint density at radius 2 is 1.82 bits per heavy atom. The Hall–Kier alpha value is -0.730. The van der Waals surface area contributed by atoms with Gasteiger partial charge in [-0.15, -0.1) is 0 Å². The van der Waals surface area contributed by atoms with Crippen molar-refractivity contribution in [2.24, 2.45) is 5.41 Å². The normalized spacial score (nSPS) is 13.3. The van der Waals surface area contributed by atoms with Gasteiger partial charge in [0.2, 0.25) is 5.91 Å². The van der Waals surface area contributed by atoms with Crippen LogP contribution in [-0.4, -0.2) is 5.91 Å². The van der Waals surface area contributed by atoms with E-state index in [1.807, 2.05) is 33.8 Å². The van der Waals surface area contributed by atoms with Crippen LogP contribution in [-0.2, 0) is 4.79 Å². The lowest BCUT2D eigenvalue weighted by Gasteiger charge is -2.22. The molecular formula is C13H17Cl2NO. The Morgan fingerprint density at radius 3 is 2.29 bits per heavy atom. The monoisotopic (exact) mass is 273 g/mol. The van der Waals surface area contributed by atoms with Crippen molar-refractivity contribution < 1.29 is 4.79 Å². The van der Waals surface area contributed by atoms with Crippen LogP contribution in [0.3, 0.4) is 0 Å². The molecule has 0 fully saturated rings. The summed E-state index contributed by atoms with van der Waals surface area (Å²) in [6, 6.07) is 5.29. The van der Waals surface area contributed by atoms with Crippen molar-refractivity contribution in [3.8, 4) is 0 Å². The van der Waals surface area contributed by atoms with Gasteiger partial charge in [-0.1, -0.05) is 50.0 Å². The zero-order chi connectivity index (χ0) is 13.2. The van der Waals surface area contributed by atoms with E-state index in [4.69, 9.17) is 23.2 Å². The third-order valence-electron chi connectivity index (χ3n) is 2.47. The van der Waals surface area contributed by atoms with Gasteiger partial charge >= 0.3 is 0 Å². The van der Waals surface area contributed by atoms with Crippen molar-refractivity contribution >= 4 is 29.1 Å². The van der Waals surface area contributed by atoms with Crippen molar-refractivity contribution in [3.63, 3.8) is 0 Å². The SMILES string of the molecule is C[C@H](NC(=O)C(C)(C)C)c1ccc(Cl)c(Cl)c1. The maximum Gasteiger partial charge on any atom is 0.225 e. The Morgan fingerprint density at radius 1 is 1.24 bits per heavy atom. The molecule has 2 nitrogen and oxygen atoms in total. The van der Waals surface area contributed by atoms with Crippen LogP contribution < -0.4 is 5.32 Å². The molecule has 0 unspecified atom stereocenters. The summed E-state index contributed by atoms with van der Waals surface area (Å²) in [5.74, 6) is 0.0103. The first-order chi connectivity index (χ1) is 7.71. The molecule has 1 rings (SSSR count). The molecule has 1 aromatic rings. The molecule has 0 aliphatic rings. The highest BCUT2D eigenvalue weighted by Gasteiger charge is 2.23. The molecule has 0 radical (unpaired) electrons. The smallest absolute Gasteiger partial charge is 0.225 e. The van der Waals surface area contributed by atoms with Crippen molar-refractivity contribution in [1.29, 1.82) is 0 Å². The molecular weight excluding hydrogens is 257 g/mol. The molecule has 4 heteroatoms. The fourth-order valence-corrected chi connectivity index (χ4v) is 1.58. The lowest BCUT2D eigenvalue weighted by atomic mass is 9.95. The first kappa shape index (κ1) is 14.3. The minimum Gasteiger partial charge on any atom is -0.349 e. The standard InChI is InChI=1S/C13H17Cl2NO/c1-8(16-12(17)13(2,3)4)9-5-6-10(14)11(15)7-9/h5-8H,1-4H3,(H,16,17)/t8-/m0/s1. The van der Waals surface area contributed by atoms with Crippen LogP contribution in [0.5, 0.6) is 0 Å². The highest BCUT2D eigenvalue weighted by Crippen LogP contribution is 2.26. The molecule has 0 saturated carbocycles. The second kappa shape index (κ2) is 5.28. The molecule has 1 atom stereocenters. The quantitative estimate of drug-likeness (QED) is 0.859. The van der Waals surface area contributed by atoms with Crippen LogP contribution in [0.1, 0.15) is 39.3 Å². The van der Waals surface area contributed by atoms with Gasteiger partial charge in [-0.05, 0) is 24.6 Å². The van der Waals surface area contributed by atoms with E-state index in [-0.39, 0.29) is 11.9 Å². The Kier molecular flexibility index (Phi) is 4.45. The van der Waals surface area contributed by atoms with Crippen LogP contribution >= 0.6 is 23.2 Å². The lowest BCUT2D eigenvalue weighted by Crippen LogP contribution is -2.36. The summed E-state index contributed by atoms with van der Waals surface area (Å²) < 4.78 is 0. The fourth-order valence-electron chi connectivity index (χ4n) is 1.28. The molecule has 0 aromatic heterocycles. The van der Waals surface area contributed by atoms with Crippen LogP contribution in [0.2, 0.25) is 10.0 Å². The van der Waals surface area contributed by atoms with E-state index >= 15 is 0 Å². The zero-order valence-electron chi connectivity index (χ0n) is 10.5. The van der Waals surface area contributed by atoms with E-state index in [1.54, 1.807) is 12.1 Å². The highest BCUT2D eigenvalue weighted by molar-refractivity contribution is 6.42. The summed E-state index contributed by atoms with van der Waals surface area (Å²) in [5, 5.41) is 3.96. The predicted molar refractivity (Wildman–Crippen MR) is 72.5 cm³/mol. The van der Waals surface area contributed by atoms with E-state index < -0.39 is 5.41 Å². The second-order valence-corrected chi connectivity index (χ2v) is 5.93. The number of nitrogens with one attached hydrogen (secondary N) is 1. The van der Waals surface area contributed by atoms with Gasteiger partial charge in [0.1, 0.15) is 0 Å². The first-order valence-electron chi connectivity index (χ1n) is 5.47. The van der Waals surface area contributed by atoms with Crippen molar-refractivity contribution in [1.82, 2.24) is 5.32 Å². The Labute approximate surface area is 112 Å². The van der Waals surface area contributed by atoms with Crippen LogP contribution in [0.15, 0.2) is 18.2 Å². The number of hydrogen-bond donors (Lipinski definition) is 1. The molecule has 1 amide bonds. The molecule has 0 bridgehead atoms. The number of carbonyl (C=O) groups is 1. The molecule has 0 aliphatic carbocycles. The van der Waals surface area contributed by atoms with Crippen LogP contribution in [0.25, 0.3) is 0 Å². The minimum atomic E-state index is -0.398. The first-order valence-corrected chi connectivity index (χ1v) is 6.23. The van der Waals surface area contributed by atoms with E-state index in [0.717, 1.165) is 5.56 Å². The van der Waals surface area contributed by atoms with Crippen molar-refractivity contribution in [2.75, 3.05) is 0 Å². The van der Waals surface area contributed by atoms with Gasteiger partial charge in [0.15, 0.2) is 0 Å². The Bertz CT molecular complexity index is 424. The van der Waals surface area contributed by atoms with Gasteiger partial charge < -0.3 is 5.32 Å². The Balaban J connectivity index is 2.80. The maximum absolute atomic E-state index is 11.8. The van der Waals surface area contributed by atoms with E-state index in [2.05, 4.69) is 5.32 Å². The summed E-state index contributed by atoms with van der Waals surface area (Å²) in [5.41, 5.74) is 0.543. The van der Waals surface area contributed by atoms with E-state index in [1.165, 1.54) is 0 Å². The zero-order valence-corrected chi connectivity index (χ0v) is 12.0. The summed E-state index contributed by atoms with van der Waals surface area (Å²) in [6.45, 7) is 7.56. The number of rotatable bonds is 2. The van der Waals surface area contributed by atoms with Gasteiger partial charge in [0.25, 0.3) is 0 Å². The molecule has 1 N–H and O–H groups in total. The molecule has 0 heterocycles. The average molecular weight is 274 g/mol. The van der Waals surface area contributed by atoms with Crippen molar-refractivity contribution in [3.05, 3.63) is 33.8 Å². The van der Waals surface area contributed by atoms with Gasteiger partial charge in [-0.3, -0.25) is 4.79 Å². The summed E-state index contributed by atoms with van der Waals surface area (Å²) in [4.78, 5) is 11.8. The maximum atomic E-state index is 11.8. The number of benzene rings is 1. The molecule has 94 valence electrons. The third kappa shape index (κ3) is 3.90. The minimum absolute atomic E-state index is 0.0103. The largest absolute Gasteiger partial charge is 0.349 e. The van der Waals surface area contributed by atoms with Crippen LogP contribution in [0.4, 0.5) is 0 Å². The summed E-state index contributed by atoms with van der Waals surface area (Å²) in [7, 11) is 0. The fraction of sp³-hybridized carbons (Fsp3) is 0.462. The number of halogens is 2. The number of carbonyl (C=O) groups excluding carboxylic acids is 1. The van der Waals surface area contributed by atoms with Gasteiger partial charge in [0.05, 0.1) is 16.1 Å². The topological polar surface area (TPSA) is 29.1 Å². The van der Waals surface area contributed by atoms with Gasteiger partial charge in [-0.25, -0.2) is 0 Å².